The number of hydrogen-bond donors (Lipinski definition) is 2. The van der Waals surface area contributed by atoms with Gasteiger partial charge in [0.15, 0.2) is 0 Å². The van der Waals surface area contributed by atoms with Crippen molar-refractivity contribution in [2.75, 3.05) is 0 Å². The fourth-order valence-electron chi connectivity index (χ4n) is 3.71. The van der Waals surface area contributed by atoms with Gasteiger partial charge in [-0.15, -0.1) is 11.3 Å². The molecule has 0 spiro atoms. The summed E-state index contributed by atoms with van der Waals surface area (Å²) in [6.45, 7) is 3.60. The van der Waals surface area contributed by atoms with Crippen LogP contribution < -0.4 is 4.72 Å². The molecule has 1 saturated carbocycles. The maximum atomic E-state index is 13.0. The number of aliphatic carboxylic acids is 1. The van der Waals surface area contributed by atoms with Crippen molar-refractivity contribution < 1.29 is 18.3 Å². The number of carbonyl (C=O) groups is 1. The van der Waals surface area contributed by atoms with Crippen LogP contribution in [-0.2, 0) is 14.8 Å². The number of imidazole rings is 1. The Bertz CT molecular complexity index is 1140. The quantitative estimate of drug-likeness (QED) is 0.642. The Morgan fingerprint density at radius 1 is 1.25 bits per heavy atom. The lowest BCUT2D eigenvalue weighted by atomic mass is 10.1. The minimum Gasteiger partial charge on any atom is -0.480 e. The zero-order valence-corrected chi connectivity index (χ0v) is 16.9. The fraction of sp³-hybridized carbons (Fsp3) is 0.263. The molecule has 3 atom stereocenters. The summed E-state index contributed by atoms with van der Waals surface area (Å²) in [4.78, 5) is 16.2. The first-order valence-corrected chi connectivity index (χ1v) is 11.0. The fourth-order valence-corrected chi connectivity index (χ4v) is 6.40. The maximum absolute atomic E-state index is 13.0. The number of aromatic nitrogens is 2. The van der Waals surface area contributed by atoms with Crippen molar-refractivity contribution >= 4 is 27.3 Å². The Morgan fingerprint density at radius 3 is 2.57 bits per heavy atom. The number of carboxylic acids is 1. The highest BCUT2D eigenvalue weighted by atomic mass is 32.2. The summed E-state index contributed by atoms with van der Waals surface area (Å²) in [5.74, 6) is -1.95. The smallest absolute Gasteiger partial charge is 0.325 e. The van der Waals surface area contributed by atoms with Gasteiger partial charge in [0.2, 0.25) is 0 Å². The van der Waals surface area contributed by atoms with Crippen LogP contribution >= 0.6 is 11.3 Å². The molecule has 0 unspecified atom stereocenters. The minimum atomic E-state index is -4.00. The summed E-state index contributed by atoms with van der Waals surface area (Å²) in [6, 6.07) is 12.3. The van der Waals surface area contributed by atoms with Crippen molar-refractivity contribution in [3.63, 3.8) is 0 Å². The molecule has 28 heavy (non-hydrogen) atoms. The molecule has 0 amide bonds. The highest BCUT2D eigenvalue weighted by Crippen LogP contribution is 2.58. The van der Waals surface area contributed by atoms with E-state index in [1.807, 2.05) is 37.3 Å². The number of sulfonamides is 1. The molecule has 4 rings (SSSR count). The van der Waals surface area contributed by atoms with Crippen LogP contribution in [0.15, 0.2) is 59.2 Å². The van der Waals surface area contributed by atoms with Gasteiger partial charge in [0.05, 0.1) is 5.69 Å². The Hall–Kier alpha value is -2.49. The maximum Gasteiger partial charge on any atom is 0.325 e. The first kappa shape index (κ1) is 18.9. The second-order valence-corrected chi connectivity index (χ2v) is 9.94. The molecule has 0 saturated heterocycles. The van der Waals surface area contributed by atoms with E-state index in [-0.39, 0.29) is 10.1 Å². The Labute approximate surface area is 166 Å². The van der Waals surface area contributed by atoms with E-state index in [4.69, 9.17) is 0 Å². The topological polar surface area (TPSA) is 101 Å². The highest BCUT2D eigenvalue weighted by molar-refractivity contribution is 7.91. The molecule has 1 aliphatic carbocycles. The van der Waals surface area contributed by atoms with E-state index in [9.17, 15) is 18.3 Å². The van der Waals surface area contributed by atoms with Crippen molar-refractivity contribution in [2.24, 2.45) is 5.92 Å². The average molecular weight is 418 g/mol. The number of benzene rings is 1. The van der Waals surface area contributed by atoms with Gasteiger partial charge < -0.3 is 5.11 Å². The average Bonchev–Trinajstić information content (AvgIpc) is 3.06. The van der Waals surface area contributed by atoms with Gasteiger partial charge in [-0.3, -0.25) is 9.36 Å². The standard InChI is InChI=1S/C19H19N3O4S2/c1-12-10-22(11-20-12)15-8-9-16(27-15)28(25,26)21-19(18(23)24)13(2)17(19)14-6-4-3-5-7-14/h3-11,13,17,21H,1-2H3,(H,23,24)/t13-,17-,19+/m1/s1. The Kier molecular flexibility index (Phi) is 4.40. The largest absolute Gasteiger partial charge is 0.480 e. The monoisotopic (exact) mass is 417 g/mol. The molecule has 1 fully saturated rings. The zero-order chi connectivity index (χ0) is 20.1. The third-order valence-electron chi connectivity index (χ3n) is 5.21. The predicted molar refractivity (Wildman–Crippen MR) is 105 cm³/mol. The van der Waals surface area contributed by atoms with Crippen molar-refractivity contribution in [3.05, 3.63) is 66.2 Å². The number of rotatable bonds is 6. The van der Waals surface area contributed by atoms with E-state index in [0.29, 0.717) is 5.00 Å². The predicted octanol–water partition coefficient (Wildman–Crippen LogP) is 2.78. The van der Waals surface area contributed by atoms with Crippen molar-refractivity contribution in [1.29, 1.82) is 0 Å². The van der Waals surface area contributed by atoms with Crippen LogP contribution in [0.1, 0.15) is 24.1 Å². The van der Waals surface area contributed by atoms with Gasteiger partial charge in [-0.1, -0.05) is 37.3 Å². The summed E-state index contributed by atoms with van der Waals surface area (Å²) in [6.07, 6.45) is 3.40. The lowest BCUT2D eigenvalue weighted by Crippen LogP contribution is -2.45. The molecular formula is C19H19N3O4S2. The van der Waals surface area contributed by atoms with Gasteiger partial charge >= 0.3 is 5.97 Å². The number of hydrogen-bond acceptors (Lipinski definition) is 5. The number of nitrogens with one attached hydrogen (secondary N) is 1. The number of carboxylic acid groups (broad SMARTS) is 1. The van der Waals surface area contributed by atoms with Crippen LogP contribution in [0.5, 0.6) is 0 Å². The van der Waals surface area contributed by atoms with E-state index in [1.54, 1.807) is 30.1 Å². The molecule has 9 heteroatoms. The zero-order valence-electron chi connectivity index (χ0n) is 15.2. The van der Waals surface area contributed by atoms with Crippen molar-refractivity contribution in [1.82, 2.24) is 14.3 Å². The summed E-state index contributed by atoms with van der Waals surface area (Å²) < 4.78 is 30.2. The number of thiophene rings is 1. The van der Waals surface area contributed by atoms with E-state index in [2.05, 4.69) is 9.71 Å². The number of aryl methyl sites for hydroxylation is 1. The van der Waals surface area contributed by atoms with Gasteiger partial charge in [-0.25, -0.2) is 13.4 Å². The van der Waals surface area contributed by atoms with Crippen LogP contribution in [0.3, 0.4) is 0 Å². The SMILES string of the molecule is Cc1cn(-c2ccc(S(=O)(=O)N[C@@]3(C(=O)O)[C@H](C)[C@@H]3c3ccccc3)s2)cn1. The molecule has 2 N–H and O–H groups in total. The third kappa shape index (κ3) is 2.95. The summed E-state index contributed by atoms with van der Waals surface area (Å²) in [5, 5.41) is 10.6. The minimum absolute atomic E-state index is 0.0698. The first-order valence-electron chi connectivity index (χ1n) is 8.69. The van der Waals surface area contributed by atoms with Crippen LogP contribution in [0.2, 0.25) is 0 Å². The highest BCUT2D eigenvalue weighted by Gasteiger charge is 2.70. The lowest BCUT2D eigenvalue weighted by Gasteiger charge is -2.15. The molecule has 2 heterocycles. The molecule has 0 aliphatic heterocycles. The van der Waals surface area contributed by atoms with Gasteiger partial charge in [0.25, 0.3) is 10.0 Å². The molecule has 3 aromatic rings. The van der Waals surface area contributed by atoms with E-state index < -0.39 is 27.4 Å². The third-order valence-corrected chi connectivity index (χ3v) is 8.29. The summed E-state index contributed by atoms with van der Waals surface area (Å²) in [7, 11) is -4.00. The van der Waals surface area contributed by atoms with Gasteiger partial charge in [0.1, 0.15) is 21.1 Å². The molecular weight excluding hydrogens is 398 g/mol. The van der Waals surface area contributed by atoms with Crippen LogP contribution in [0.25, 0.3) is 5.00 Å². The number of nitrogens with zero attached hydrogens (tertiary/aromatic N) is 2. The van der Waals surface area contributed by atoms with Gasteiger partial charge in [-0.2, -0.15) is 4.72 Å². The van der Waals surface area contributed by atoms with Crippen LogP contribution in [-0.4, -0.2) is 34.6 Å². The van der Waals surface area contributed by atoms with E-state index in [1.165, 1.54) is 6.07 Å². The van der Waals surface area contributed by atoms with E-state index in [0.717, 1.165) is 22.6 Å². The van der Waals surface area contributed by atoms with Crippen LogP contribution in [0.4, 0.5) is 0 Å². The van der Waals surface area contributed by atoms with Crippen molar-refractivity contribution in [3.8, 4) is 5.00 Å². The van der Waals surface area contributed by atoms with Crippen molar-refractivity contribution in [2.45, 2.75) is 29.5 Å². The van der Waals surface area contributed by atoms with E-state index >= 15 is 0 Å². The first-order chi connectivity index (χ1) is 13.3. The summed E-state index contributed by atoms with van der Waals surface area (Å²) in [5.41, 5.74) is 0.0785. The molecule has 1 aliphatic rings. The molecule has 0 bridgehead atoms. The Balaban J connectivity index is 1.65. The van der Waals surface area contributed by atoms with Gasteiger partial charge in [0, 0.05) is 12.1 Å². The summed E-state index contributed by atoms with van der Waals surface area (Å²) >= 11 is 1.06. The second-order valence-electron chi connectivity index (χ2n) is 6.97. The second kappa shape index (κ2) is 6.54. The molecule has 7 nitrogen and oxygen atoms in total. The molecule has 2 aromatic heterocycles. The van der Waals surface area contributed by atoms with Gasteiger partial charge in [-0.05, 0) is 30.5 Å². The molecule has 0 radical (unpaired) electrons. The Morgan fingerprint density at radius 2 is 1.96 bits per heavy atom. The molecule has 1 aromatic carbocycles. The van der Waals surface area contributed by atoms with Crippen LogP contribution in [0, 0.1) is 12.8 Å². The lowest BCUT2D eigenvalue weighted by molar-refractivity contribution is -0.140. The normalized spacial score (nSPS) is 24.2. The molecule has 146 valence electrons.